The van der Waals surface area contributed by atoms with Crippen LogP contribution in [0.5, 0.6) is 0 Å². The van der Waals surface area contributed by atoms with Gasteiger partial charge in [0.1, 0.15) is 0 Å². The zero-order valence-corrected chi connectivity index (χ0v) is 8.78. The highest BCUT2D eigenvalue weighted by molar-refractivity contribution is 9.15. The molecular weight excluding hydrogens is 232 g/mol. The monoisotopic (exact) mass is 238 g/mol. The molecule has 0 radical (unpaired) electrons. The Morgan fingerprint density at radius 3 is 2.75 bits per heavy atom. The van der Waals surface area contributed by atoms with Crippen LogP contribution >= 0.6 is 27.3 Å². The van der Waals surface area contributed by atoms with Gasteiger partial charge in [-0.2, -0.15) is 0 Å². The van der Waals surface area contributed by atoms with Crippen molar-refractivity contribution < 1.29 is 0 Å². The lowest BCUT2D eigenvalue weighted by Gasteiger charge is -1.84. The summed E-state index contributed by atoms with van der Waals surface area (Å²) in [5, 5.41) is 1.29. The number of thiophene rings is 1. The number of fused-ring (bicyclic) bond motifs is 1. The van der Waals surface area contributed by atoms with Crippen LogP contribution in [0.1, 0.15) is 4.88 Å². The highest BCUT2D eigenvalue weighted by Gasteiger charge is 2.00. The molecule has 0 aliphatic heterocycles. The van der Waals surface area contributed by atoms with Crippen molar-refractivity contribution >= 4 is 41.8 Å². The van der Waals surface area contributed by atoms with Crippen LogP contribution in [0.2, 0.25) is 0 Å². The highest BCUT2D eigenvalue weighted by Crippen LogP contribution is 2.31. The molecule has 0 amide bonds. The van der Waals surface area contributed by atoms with E-state index < -0.39 is 0 Å². The van der Waals surface area contributed by atoms with E-state index in [0.29, 0.717) is 0 Å². The van der Waals surface area contributed by atoms with Crippen molar-refractivity contribution in [2.45, 2.75) is 0 Å². The molecule has 1 heterocycles. The quantitative estimate of drug-likeness (QED) is 0.697. The molecule has 1 aromatic carbocycles. The Bertz CT molecular complexity index is 395. The van der Waals surface area contributed by atoms with Crippen LogP contribution in [0.4, 0.5) is 0 Å². The molecule has 0 N–H and O–H groups in total. The Morgan fingerprint density at radius 1 is 1.33 bits per heavy atom. The molecule has 0 unspecified atom stereocenters. The molecule has 0 aliphatic rings. The number of rotatable bonds is 1. The molecule has 60 valence electrons. The van der Waals surface area contributed by atoms with Gasteiger partial charge in [0.15, 0.2) is 0 Å². The molecule has 0 spiro atoms. The third kappa shape index (κ3) is 1.32. The van der Waals surface area contributed by atoms with Crippen LogP contribution in [0.3, 0.4) is 0 Å². The Labute approximate surface area is 83.7 Å². The maximum absolute atomic E-state index is 3.85. The van der Waals surface area contributed by atoms with Gasteiger partial charge in [-0.15, -0.1) is 11.3 Å². The largest absolute Gasteiger partial charge is 0.135 e. The fourth-order valence-electron chi connectivity index (χ4n) is 1.12. The number of hydrogen-bond acceptors (Lipinski definition) is 1. The van der Waals surface area contributed by atoms with E-state index in [-0.39, 0.29) is 0 Å². The molecule has 2 rings (SSSR count). The third-order valence-electron chi connectivity index (χ3n) is 1.69. The fraction of sp³-hybridized carbons (Fsp3) is 0. The zero-order valence-electron chi connectivity index (χ0n) is 6.38. The molecule has 0 bridgehead atoms. The van der Waals surface area contributed by atoms with Gasteiger partial charge in [-0.1, -0.05) is 24.8 Å². The minimum atomic E-state index is 0.962. The summed E-state index contributed by atoms with van der Waals surface area (Å²) in [7, 11) is 0. The lowest BCUT2D eigenvalue weighted by molar-refractivity contribution is 1.85. The minimum Gasteiger partial charge on any atom is -0.135 e. The molecule has 0 saturated carbocycles. The zero-order chi connectivity index (χ0) is 8.55. The number of hydrogen-bond donors (Lipinski definition) is 0. The second-order valence-electron chi connectivity index (χ2n) is 2.55. The Balaban J connectivity index is 2.70. The first-order chi connectivity index (χ1) is 5.77. The van der Waals surface area contributed by atoms with E-state index >= 15 is 0 Å². The predicted molar refractivity (Wildman–Crippen MR) is 59.8 cm³/mol. The summed E-state index contributed by atoms with van der Waals surface area (Å²) in [6.45, 7) is 3.85. The molecule has 0 nitrogen and oxygen atoms in total. The van der Waals surface area contributed by atoms with Gasteiger partial charge in [0.05, 0.1) is 0 Å². The molecular formula is C10H7BrS. The SMILES string of the molecule is C=C(Br)c1cc2ccccc2s1. The van der Waals surface area contributed by atoms with Gasteiger partial charge in [-0.25, -0.2) is 0 Å². The van der Waals surface area contributed by atoms with E-state index in [1.165, 1.54) is 15.0 Å². The van der Waals surface area contributed by atoms with Crippen LogP contribution in [0.15, 0.2) is 36.9 Å². The smallest absolute Gasteiger partial charge is 0.0419 e. The number of benzene rings is 1. The summed E-state index contributed by atoms with van der Waals surface area (Å²) < 4.78 is 2.27. The van der Waals surface area contributed by atoms with Crippen molar-refractivity contribution in [2.24, 2.45) is 0 Å². The van der Waals surface area contributed by atoms with Crippen LogP contribution < -0.4 is 0 Å². The van der Waals surface area contributed by atoms with Crippen LogP contribution in [-0.4, -0.2) is 0 Å². The van der Waals surface area contributed by atoms with Gasteiger partial charge in [-0.3, -0.25) is 0 Å². The Kier molecular flexibility index (Phi) is 2.03. The Morgan fingerprint density at radius 2 is 2.08 bits per heavy atom. The normalized spacial score (nSPS) is 10.4. The second kappa shape index (κ2) is 3.04. The van der Waals surface area contributed by atoms with Crippen LogP contribution in [0.25, 0.3) is 14.6 Å². The number of halogens is 1. The van der Waals surface area contributed by atoms with E-state index in [1.54, 1.807) is 11.3 Å². The maximum atomic E-state index is 3.85. The van der Waals surface area contributed by atoms with E-state index in [4.69, 9.17) is 0 Å². The van der Waals surface area contributed by atoms with Gasteiger partial charge < -0.3 is 0 Å². The molecule has 0 fully saturated rings. The summed E-state index contributed by atoms with van der Waals surface area (Å²) >= 11 is 5.14. The summed E-state index contributed by atoms with van der Waals surface area (Å²) in [6.07, 6.45) is 0. The first kappa shape index (κ1) is 8.02. The van der Waals surface area contributed by atoms with Crippen LogP contribution in [0, 0.1) is 0 Å². The summed E-state index contributed by atoms with van der Waals surface area (Å²) in [6, 6.07) is 10.5. The van der Waals surface area contributed by atoms with Crippen molar-refractivity contribution in [1.29, 1.82) is 0 Å². The van der Waals surface area contributed by atoms with Gasteiger partial charge in [-0.05, 0) is 33.4 Å². The van der Waals surface area contributed by atoms with E-state index in [2.05, 4.69) is 52.8 Å². The first-order valence-electron chi connectivity index (χ1n) is 3.61. The summed E-state index contributed by atoms with van der Waals surface area (Å²) in [5.74, 6) is 0. The Hall–Kier alpha value is -0.600. The van der Waals surface area contributed by atoms with Crippen LogP contribution in [-0.2, 0) is 0 Å². The fourth-order valence-corrected chi connectivity index (χ4v) is 2.40. The minimum absolute atomic E-state index is 0.962. The van der Waals surface area contributed by atoms with E-state index in [9.17, 15) is 0 Å². The standard InChI is InChI=1S/C10H7BrS/c1-7(11)10-6-8-4-2-3-5-9(8)12-10/h2-6H,1H2. The molecule has 12 heavy (non-hydrogen) atoms. The average molecular weight is 239 g/mol. The lowest BCUT2D eigenvalue weighted by Crippen LogP contribution is -1.59. The topological polar surface area (TPSA) is 0 Å². The first-order valence-corrected chi connectivity index (χ1v) is 5.21. The third-order valence-corrected chi connectivity index (χ3v) is 3.56. The van der Waals surface area contributed by atoms with Crippen molar-refractivity contribution in [3.63, 3.8) is 0 Å². The predicted octanol–water partition coefficient (Wildman–Crippen LogP) is 4.27. The maximum Gasteiger partial charge on any atom is 0.0419 e. The van der Waals surface area contributed by atoms with Gasteiger partial charge in [0.25, 0.3) is 0 Å². The molecule has 0 saturated heterocycles. The highest BCUT2D eigenvalue weighted by atomic mass is 79.9. The summed E-state index contributed by atoms with van der Waals surface area (Å²) in [4.78, 5) is 1.20. The molecule has 0 aliphatic carbocycles. The lowest BCUT2D eigenvalue weighted by atomic mass is 10.2. The van der Waals surface area contributed by atoms with E-state index in [1.807, 2.05) is 0 Å². The van der Waals surface area contributed by atoms with Crippen molar-refractivity contribution in [1.82, 2.24) is 0 Å². The van der Waals surface area contributed by atoms with Gasteiger partial charge in [0, 0.05) is 14.1 Å². The van der Waals surface area contributed by atoms with Gasteiger partial charge in [0.2, 0.25) is 0 Å². The van der Waals surface area contributed by atoms with E-state index in [0.717, 1.165) is 4.48 Å². The molecule has 0 atom stereocenters. The summed E-state index contributed by atoms with van der Waals surface area (Å²) in [5.41, 5.74) is 0. The molecule has 1 aromatic heterocycles. The van der Waals surface area contributed by atoms with Gasteiger partial charge >= 0.3 is 0 Å². The molecule has 2 aromatic rings. The van der Waals surface area contributed by atoms with Crippen molar-refractivity contribution in [2.75, 3.05) is 0 Å². The van der Waals surface area contributed by atoms with Crippen molar-refractivity contribution in [3.8, 4) is 0 Å². The molecule has 2 heteroatoms. The second-order valence-corrected chi connectivity index (χ2v) is 4.59. The van der Waals surface area contributed by atoms with Crippen molar-refractivity contribution in [3.05, 3.63) is 41.8 Å². The average Bonchev–Trinajstić information content (AvgIpc) is 2.46.